The number of nitrogens with one attached hydrogen (secondary N) is 1. The Morgan fingerprint density at radius 3 is 2.42 bits per heavy atom. The highest BCUT2D eigenvalue weighted by atomic mass is 32.2. The van der Waals surface area contributed by atoms with Gasteiger partial charge in [0.2, 0.25) is 5.16 Å². The average Bonchev–Trinajstić information content (AvgIpc) is 2.38. The largest absolute Gasteiger partial charge is 0.368 e. The molecule has 0 spiro atoms. The van der Waals surface area contributed by atoms with Crippen LogP contribution in [0.1, 0.15) is 13.8 Å². The monoisotopic (exact) mass is 275 g/mol. The summed E-state index contributed by atoms with van der Waals surface area (Å²) in [6.45, 7) is 4.07. The maximum absolute atomic E-state index is 11.6. The van der Waals surface area contributed by atoms with Gasteiger partial charge in [-0.2, -0.15) is 0 Å². The molecule has 2 aromatic rings. The number of aromatic nitrogens is 2. The fourth-order valence-electron chi connectivity index (χ4n) is 1.68. The molecule has 0 aliphatic carbocycles. The van der Waals surface area contributed by atoms with E-state index in [2.05, 4.69) is 15.3 Å². The summed E-state index contributed by atoms with van der Waals surface area (Å²) < 4.78 is 11.6. The van der Waals surface area contributed by atoms with E-state index in [1.807, 2.05) is 50.2 Å². The van der Waals surface area contributed by atoms with Crippen molar-refractivity contribution in [2.45, 2.75) is 25.0 Å². The smallest absolute Gasteiger partial charge is 0.220 e. The summed E-state index contributed by atoms with van der Waals surface area (Å²) >= 11 is 0. The normalized spacial score (nSPS) is 12.4. The van der Waals surface area contributed by atoms with Crippen LogP contribution in [-0.2, 0) is 10.8 Å². The van der Waals surface area contributed by atoms with E-state index in [0.717, 1.165) is 11.3 Å². The Morgan fingerprint density at radius 2 is 1.84 bits per heavy atom. The fourth-order valence-corrected chi connectivity index (χ4v) is 2.13. The number of rotatable bonds is 4. The summed E-state index contributed by atoms with van der Waals surface area (Å²) in [5.74, 6) is 0.703. The van der Waals surface area contributed by atoms with Gasteiger partial charge < -0.3 is 5.32 Å². The summed E-state index contributed by atoms with van der Waals surface area (Å²) in [7, 11) is -1.20. The van der Waals surface area contributed by atoms with E-state index >= 15 is 0 Å². The Hall–Kier alpha value is -1.75. The molecule has 0 aliphatic rings. The Bertz CT molecular complexity index is 584. The fraction of sp³-hybridized carbons (Fsp3) is 0.286. The maximum atomic E-state index is 11.6. The van der Waals surface area contributed by atoms with Crippen LogP contribution in [0.25, 0.3) is 11.3 Å². The van der Waals surface area contributed by atoms with Gasteiger partial charge in [-0.15, -0.1) is 0 Å². The van der Waals surface area contributed by atoms with E-state index in [-0.39, 0.29) is 6.04 Å². The van der Waals surface area contributed by atoms with Crippen molar-refractivity contribution in [3.63, 3.8) is 0 Å². The molecule has 4 nitrogen and oxygen atoms in total. The predicted octanol–water partition coefficient (Wildman–Crippen LogP) is 2.70. The summed E-state index contributed by atoms with van der Waals surface area (Å²) in [5, 5.41) is 3.58. The number of hydrogen-bond donors (Lipinski definition) is 1. The number of hydrogen-bond acceptors (Lipinski definition) is 4. The Labute approximate surface area is 115 Å². The summed E-state index contributed by atoms with van der Waals surface area (Å²) in [5.41, 5.74) is 1.77. The molecule has 0 radical (unpaired) electrons. The quantitative estimate of drug-likeness (QED) is 0.872. The van der Waals surface area contributed by atoms with Gasteiger partial charge in [-0.25, -0.2) is 9.97 Å². The Balaban J connectivity index is 2.48. The zero-order valence-corrected chi connectivity index (χ0v) is 12.1. The molecule has 1 unspecified atom stereocenters. The first-order chi connectivity index (χ1) is 9.06. The first-order valence-corrected chi connectivity index (χ1v) is 7.66. The minimum absolute atomic E-state index is 0.261. The molecule has 0 bridgehead atoms. The van der Waals surface area contributed by atoms with Crippen LogP contribution in [0.15, 0.2) is 41.6 Å². The van der Waals surface area contributed by atoms with Crippen molar-refractivity contribution in [2.24, 2.45) is 0 Å². The molecule has 1 heterocycles. The second kappa shape index (κ2) is 5.93. The highest BCUT2D eigenvalue weighted by Gasteiger charge is 2.09. The topological polar surface area (TPSA) is 54.9 Å². The van der Waals surface area contributed by atoms with Gasteiger partial charge in [-0.1, -0.05) is 30.3 Å². The molecule has 2 rings (SSSR count). The van der Waals surface area contributed by atoms with Gasteiger partial charge in [0, 0.05) is 23.9 Å². The average molecular weight is 275 g/mol. The zero-order chi connectivity index (χ0) is 13.8. The van der Waals surface area contributed by atoms with Crippen LogP contribution in [0.4, 0.5) is 5.82 Å². The van der Waals surface area contributed by atoms with Crippen LogP contribution in [-0.4, -0.2) is 26.5 Å². The van der Waals surface area contributed by atoms with Crippen molar-refractivity contribution in [3.05, 3.63) is 36.4 Å². The minimum Gasteiger partial charge on any atom is -0.368 e. The van der Waals surface area contributed by atoms with Crippen molar-refractivity contribution in [1.82, 2.24) is 9.97 Å². The number of anilines is 1. The molecule has 1 N–H and O–H groups in total. The van der Waals surface area contributed by atoms with Crippen LogP contribution in [0.2, 0.25) is 0 Å². The molecular weight excluding hydrogens is 258 g/mol. The van der Waals surface area contributed by atoms with E-state index in [1.54, 1.807) is 6.26 Å². The molecule has 1 aromatic heterocycles. The third-order valence-corrected chi connectivity index (χ3v) is 3.17. The van der Waals surface area contributed by atoms with Crippen molar-refractivity contribution in [2.75, 3.05) is 11.6 Å². The molecule has 1 aromatic carbocycles. The van der Waals surface area contributed by atoms with Crippen LogP contribution in [0.3, 0.4) is 0 Å². The van der Waals surface area contributed by atoms with Crippen molar-refractivity contribution < 1.29 is 4.21 Å². The first kappa shape index (κ1) is 13.7. The molecule has 0 amide bonds. The summed E-state index contributed by atoms with van der Waals surface area (Å²) in [4.78, 5) is 8.64. The van der Waals surface area contributed by atoms with Gasteiger partial charge in [0.15, 0.2) is 0 Å². The van der Waals surface area contributed by atoms with Gasteiger partial charge in [0.1, 0.15) is 5.82 Å². The lowest BCUT2D eigenvalue weighted by molar-refractivity contribution is 0.679. The molecule has 19 heavy (non-hydrogen) atoms. The third kappa shape index (κ3) is 3.61. The van der Waals surface area contributed by atoms with Crippen molar-refractivity contribution in [1.29, 1.82) is 0 Å². The minimum atomic E-state index is -1.20. The zero-order valence-electron chi connectivity index (χ0n) is 11.3. The molecule has 0 saturated heterocycles. The molecule has 0 aliphatic heterocycles. The van der Waals surface area contributed by atoms with Crippen LogP contribution >= 0.6 is 0 Å². The lowest BCUT2D eigenvalue weighted by atomic mass is 10.1. The maximum Gasteiger partial charge on any atom is 0.220 e. The second-order valence-electron chi connectivity index (χ2n) is 4.54. The highest BCUT2D eigenvalue weighted by Crippen LogP contribution is 2.20. The number of benzene rings is 1. The van der Waals surface area contributed by atoms with E-state index in [9.17, 15) is 4.21 Å². The van der Waals surface area contributed by atoms with Gasteiger partial charge >= 0.3 is 0 Å². The lowest BCUT2D eigenvalue weighted by Crippen LogP contribution is -2.13. The van der Waals surface area contributed by atoms with Crippen molar-refractivity contribution in [3.8, 4) is 11.3 Å². The Kier molecular flexibility index (Phi) is 4.27. The van der Waals surface area contributed by atoms with Gasteiger partial charge in [0.25, 0.3) is 0 Å². The SMILES string of the molecule is CC(C)Nc1cc(-c2ccccc2)nc(S(C)=O)n1. The first-order valence-electron chi connectivity index (χ1n) is 6.10. The van der Waals surface area contributed by atoms with E-state index < -0.39 is 10.8 Å². The summed E-state index contributed by atoms with van der Waals surface area (Å²) in [6, 6.07) is 12.0. The van der Waals surface area contributed by atoms with Gasteiger partial charge in [-0.3, -0.25) is 4.21 Å². The third-order valence-electron chi connectivity index (χ3n) is 2.47. The van der Waals surface area contributed by atoms with E-state index in [1.165, 1.54) is 0 Å². The van der Waals surface area contributed by atoms with Crippen LogP contribution in [0, 0.1) is 0 Å². The molecular formula is C14H17N3OS. The van der Waals surface area contributed by atoms with Crippen molar-refractivity contribution >= 4 is 16.6 Å². The predicted molar refractivity (Wildman–Crippen MR) is 78.6 cm³/mol. The standard InChI is InChI=1S/C14H17N3OS/c1-10(2)15-13-9-12(11-7-5-4-6-8-11)16-14(17-13)19(3)18/h4-10H,1-3H3,(H,15,16,17). The highest BCUT2D eigenvalue weighted by molar-refractivity contribution is 7.84. The molecule has 100 valence electrons. The molecule has 0 fully saturated rings. The Morgan fingerprint density at radius 1 is 1.16 bits per heavy atom. The molecule has 1 atom stereocenters. The van der Waals surface area contributed by atoms with Crippen LogP contribution < -0.4 is 5.32 Å². The molecule has 5 heteroatoms. The lowest BCUT2D eigenvalue weighted by Gasteiger charge is -2.11. The van der Waals surface area contributed by atoms with E-state index in [4.69, 9.17) is 0 Å². The second-order valence-corrected chi connectivity index (χ2v) is 5.81. The van der Waals surface area contributed by atoms with E-state index in [0.29, 0.717) is 11.0 Å². The van der Waals surface area contributed by atoms with Crippen LogP contribution in [0.5, 0.6) is 0 Å². The summed E-state index contributed by atoms with van der Waals surface area (Å²) in [6.07, 6.45) is 1.59. The molecule has 0 saturated carbocycles. The number of nitrogens with zero attached hydrogens (tertiary/aromatic N) is 2. The van der Waals surface area contributed by atoms with Gasteiger partial charge in [0.05, 0.1) is 16.5 Å². The van der Waals surface area contributed by atoms with Gasteiger partial charge in [-0.05, 0) is 13.8 Å².